The van der Waals surface area contributed by atoms with Crippen LogP contribution < -0.4 is 16.2 Å². The number of hydrogen-bond acceptors (Lipinski definition) is 3. The Balaban J connectivity index is 1.87. The second-order valence-corrected chi connectivity index (χ2v) is 6.87. The molecule has 0 saturated carbocycles. The van der Waals surface area contributed by atoms with Gasteiger partial charge in [-0.15, -0.1) is 0 Å². The first-order chi connectivity index (χ1) is 11.3. The fourth-order valence-electron chi connectivity index (χ4n) is 1.94. The molecular weight excluding hydrogens is 442 g/mol. The second kappa shape index (κ2) is 8.25. The lowest BCUT2D eigenvalue weighted by molar-refractivity contribution is -0.124. The first kappa shape index (κ1) is 18.4. The zero-order valence-corrected chi connectivity index (χ0v) is 16.0. The monoisotopic (exact) mass is 455 g/mol. The van der Waals surface area contributed by atoms with Gasteiger partial charge in [0.15, 0.2) is 0 Å². The third-order valence-electron chi connectivity index (χ3n) is 3.15. The lowest BCUT2D eigenvalue weighted by Gasteiger charge is -2.09. The van der Waals surface area contributed by atoms with Crippen LogP contribution in [0.1, 0.15) is 5.56 Å². The zero-order valence-electron chi connectivity index (χ0n) is 12.8. The van der Waals surface area contributed by atoms with E-state index in [-0.39, 0.29) is 24.6 Å². The van der Waals surface area contributed by atoms with Gasteiger partial charge in [0.2, 0.25) is 11.8 Å². The van der Waals surface area contributed by atoms with Gasteiger partial charge >= 0.3 is 0 Å². The molecule has 2 aromatic rings. The van der Waals surface area contributed by atoms with Crippen LogP contribution >= 0.6 is 31.9 Å². The summed E-state index contributed by atoms with van der Waals surface area (Å²) in [5, 5.41) is 5.19. The number of halogens is 2. The van der Waals surface area contributed by atoms with Crippen molar-refractivity contribution in [2.45, 2.75) is 13.5 Å². The summed E-state index contributed by atoms with van der Waals surface area (Å²) >= 11 is 6.62. The number of pyridine rings is 1. The Morgan fingerprint density at radius 3 is 2.58 bits per heavy atom. The van der Waals surface area contributed by atoms with Gasteiger partial charge in [-0.2, -0.15) is 0 Å². The molecule has 1 heterocycles. The number of aryl methyl sites for hydroxylation is 1. The lowest BCUT2D eigenvalue weighted by atomic mass is 10.2. The highest BCUT2D eigenvalue weighted by atomic mass is 79.9. The minimum Gasteiger partial charge on any atom is -0.345 e. The molecule has 0 radical (unpaired) electrons. The van der Waals surface area contributed by atoms with Gasteiger partial charge in [-0.1, -0.05) is 15.9 Å². The Morgan fingerprint density at radius 2 is 1.88 bits per heavy atom. The number of hydrogen-bond donors (Lipinski definition) is 2. The molecule has 126 valence electrons. The molecule has 0 atom stereocenters. The van der Waals surface area contributed by atoms with E-state index in [4.69, 9.17) is 0 Å². The van der Waals surface area contributed by atoms with Crippen LogP contribution in [0.15, 0.2) is 50.3 Å². The average molecular weight is 457 g/mol. The highest BCUT2D eigenvalue weighted by Crippen LogP contribution is 2.19. The molecule has 24 heavy (non-hydrogen) atoms. The first-order valence-electron chi connectivity index (χ1n) is 7.04. The van der Waals surface area contributed by atoms with Crippen molar-refractivity contribution >= 4 is 49.4 Å². The van der Waals surface area contributed by atoms with Crippen LogP contribution in [0, 0.1) is 6.92 Å². The van der Waals surface area contributed by atoms with Gasteiger partial charge in [0.1, 0.15) is 6.54 Å². The topological polar surface area (TPSA) is 80.2 Å². The smallest absolute Gasteiger partial charge is 0.251 e. The molecule has 0 aliphatic rings. The van der Waals surface area contributed by atoms with Gasteiger partial charge in [-0.3, -0.25) is 14.4 Å². The molecule has 0 aliphatic heterocycles. The first-order valence-corrected chi connectivity index (χ1v) is 8.62. The van der Waals surface area contributed by atoms with Crippen LogP contribution in [-0.4, -0.2) is 22.9 Å². The van der Waals surface area contributed by atoms with Crippen molar-refractivity contribution in [2.75, 3.05) is 11.9 Å². The molecule has 0 spiro atoms. The van der Waals surface area contributed by atoms with Crippen molar-refractivity contribution in [3.8, 4) is 0 Å². The molecule has 0 aliphatic carbocycles. The molecule has 0 fully saturated rings. The molecule has 2 amide bonds. The third-order valence-corrected chi connectivity index (χ3v) is 4.51. The van der Waals surface area contributed by atoms with Crippen molar-refractivity contribution in [1.29, 1.82) is 0 Å². The minimum absolute atomic E-state index is 0.150. The predicted octanol–water partition coefficient (Wildman–Crippen LogP) is 2.44. The quantitative estimate of drug-likeness (QED) is 0.725. The number of anilines is 1. The molecule has 0 saturated heterocycles. The van der Waals surface area contributed by atoms with Crippen LogP contribution in [0.5, 0.6) is 0 Å². The number of nitrogens with zero attached hydrogens (tertiary/aromatic N) is 1. The largest absolute Gasteiger partial charge is 0.345 e. The fourth-order valence-corrected chi connectivity index (χ4v) is 2.57. The average Bonchev–Trinajstić information content (AvgIpc) is 2.52. The normalized spacial score (nSPS) is 10.3. The summed E-state index contributed by atoms with van der Waals surface area (Å²) in [7, 11) is 0. The summed E-state index contributed by atoms with van der Waals surface area (Å²) in [4.78, 5) is 35.4. The summed E-state index contributed by atoms with van der Waals surface area (Å²) in [5.74, 6) is -0.760. The van der Waals surface area contributed by atoms with Crippen molar-refractivity contribution in [3.63, 3.8) is 0 Å². The highest BCUT2D eigenvalue weighted by Gasteiger charge is 2.08. The maximum Gasteiger partial charge on any atom is 0.251 e. The van der Waals surface area contributed by atoms with Crippen LogP contribution in [0.25, 0.3) is 0 Å². The number of benzene rings is 1. The summed E-state index contributed by atoms with van der Waals surface area (Å²) in [6, 6.07) is 8.39. The molecule has 1 aromatic carbocycles. The minimum atomic E-state index is -0.419. The lowest BCUT2D eigenvalue weighted by Crippen LogP contribution is -2.36. The van der Waals surface area contributed by atoms with Gasteiger partial charge in [0, 0.05) is 26.9 Å². The zero-order chi connectivity index (χ0) is 17.7. The Kier molecular flexibility index (Phi) is 6.33. The molecular formula is C16H15Br2N3O3. The van der Waals surface area contributed by atoms with Crippen molar-refractivity contribution in [3.05, 3.63) is 61.4 Å². The standard InChI is InChI=1S/C16H15Br2N3O3/c1-10-6-12(3-4-13(10)18)20-14(22)7-19-15(23)9-21-8-11(17)2-5-16(21)24/h2-6,8H,7,9H2,1H3,(H,19,23)(H,20,22). The van der Waals surface area contributed by atoms with E-state index in [9.17, 15) is 14.4 Å². The molecule has 2 rings (SSSR count). The van der Waals surface area contributed by atoms with E-state index < -0.39 is 5.91 Å². The third kappa shape index (κ3) is 5.31. The highest BCUT2D eigenvalue weighted by molar-refractivity contribution is 9.10. The van der Waals surface area contributed by atoms with E-state index >= 15 is 0 Å². The van der Waals surface area contributed by atoms with Crippen LogP contribution in [0.4, 0.5) is 5.69 Å². The Hall–Kier alpha value is -1.93. The van der Waals surface area contributed by atoms with Gasteiger partial charge in [0.25, 0.3) is 5.56 Å². The van der Waals surface area contributed by atoms with E-state index in [1.54, 1.807) is 12.1 Å². The molecule has 6 nitrogen and oxygen atoms in total. The molecule has 0 unspecified atom stereocenters. The van der Waals surface area contributed by atoms with Crippen molar-refractivity contribution in [2.24, 2.45) is 0 Å². The van der Waals surface area contributed by atoms with Crippen LogP contribution in [0.2, 0.25) is 0 Å². The molecule has 2 N–H and O–H groups in total. The van der Waals surface area contributed by atoms with Gasteiger partial charge in [-0.25, -0.2) is 0 Å². The number of carbonyl (C=O) groups excluding carboxylic acids is 2. The Bertz CT molecular complexity index is 834. The SMILES string of the molecule is Cc1cc(NC(=O)CNC(=O)Cn2cc(Br)ccc2=O)ccc1Br. The van der Waals surface area contributed by atoms with E-state index in [0.29, 0.717) is 10.2 Å². The van der Waals surface area contributed by atoms with Gasteiger partial charge in [0.05, 0.1) is 6.54 Å². The van der Waals surface area contributed by atoms with E-state index in [1.807, 2.05) is 19.1 Å². The Morgan fingerprint density at radius 1 is 1.12 bits per heavy atom. The second-order valence-electron chi connectivity index (χ2n) is 5.10. The van der Waals surface area contributed by atoms with E-state index in [0.717, 1.165) is 10.0 Å². The summed E-state index contributed by atoms with van der Waals surface area (Å²) < 4.78 is 2.90. The molecule has 1 aromatic heterocycles. The molecule has 0 bridgehead atoms. The number of rotatable bonds is 5. The van der Waals surface area contributed by atoms with Gasteiger partial charge in [-0.05, 0) is 52.7 Å². The summed E-state index contributed by atoms with van der Waals surface area (Å²) in [5.41, 5.74) is 1.35. The maximum absolute atomic E-state index is 11.9. The van der Waals surface area contributed by atoms with E-state index in [2.05, 4.69) is 42.5 Å². The Labute approximate surface area is 155 Å². The maximum atomic E-state index is 11.9. The number of carbonyl (C=O) groups is 2. The fraction of sp³-hybridized carbons (Fsp3) is 0.188. The van der Waals surface area contributed by atoms with E-state index in [1.165, 1.54) is 16.8 Å². The summed E-state index contributed by atoms with van der Waals surface area (Å²) in [6.45, 7) is 1.59. The predicted molar refractivity (Wildman–Crippen MR) is 98.9 cm³/mol. The van der Waals surface area contributed by atoms with Gasteiger partial charge < -0.3 is 15.2 Å². The van der Waals surface area contributed by atoms with Crippen LogP contribution in [-0.2, 0) is 16.1 Å². The van der Waals surface area contributed by atoms with Crippen molar-refractivity contribution < 1.29 is 9.59 Å². The number of nitrogens with one attached hydrogen (secondary N) is 2. The summed E-state index contributed by atoms with van der Waals surface area (Å²) in [6.07, 6.45) is 1.52. The van der Waals surface area contributed by atoms with Crippen molar-refractivity contribution in [1.82, 2.24) is 9.88 Å². The molecule has 8 heteroatoms. The number of aromatic nitrogens is 1. The van der Waals surface area contributed by atoms with Crippen LogP contribution in [0.3, 0.4) is 0 Å². The number of amides is 2.